The van der Waals surface area contributed by atoms with Crippen LogP contribution in [0.25, 0.3) is 0 Å². The Morgan fingerprint density at radius 1 is 0.786 bits per heavy atom. The zero-order valence-electron chi connectivity index (χ0n) is 6.02. The summed E-state index contributed by atoms with van der Waals surface area (Å²) in [4.78, 5) is 0. The van der Waals surface area contributed by atoms with Crippen LogP contribution in [0.2, 0.25) is 0 Å². The van der Waals surface area contributed by atoms with Crippen molar-refractivity contribution in [2.45, 2.75) is 7.57 Å². The van der Waals surface area contributed by atoms with E-state index in [1.54, 1.807) is 0 Å². The maximum absolute atomic E-state index is 6.06. The molecular formula is C6Br2Cl6. The van der Waals surface area contributed by atoms with Crippen molar-refractivity contribution < 1.29 is 0 Å². The summed E-state index contributed by atoms with van der Waals surface area (Å²) < 4.78 is -2.35. The van der Waals surface area contributed by atoms with Crippen molar-refractivity contribution in [3.63, 3.8) is 0 Å². The third-order valence-corrected chi connectivity index (χ3v) is 6.42. The fourth-order valence-electron chi connectivity index (χ4n) is 0.992. The van der Waals surface area contributed by atoms with E-state index < -0.39 is 7.57 Å². The molecule has 0 spiro atoms. The molecule has 1 aliphatic carbocycles. The fourth-order valence-corrected chi connectivity index (χ4v) is 4.34. The van der Waals surface area contributed by atoms with E-state index in [2.05, 4.69) is 31.9 Å². The molecule has 8 heteroatoms. The largest absolute Gasteiger partial charge is 0.160 e. The molecule has 2 unspecified atom stereocenters. The third-order valence-electron chi connectivity index (χ3n) is 1.65. The lowest BCUT2D eigenvalue weighted by molar-refractivity contribution is 0.764. The molecule has 0 aliphatic heterocycles. The van der Waals surface area contributed by atoms with Gasteiger partial charge in [0.2, 0.25) is 0 Å². The number of halogens is 8. The third kappa shape index (κ3) is 1.99. The molecule has 0 aromatic carbocycles. The van der Waals surface area contributed by atoms with E-state index in [0.29, 0.717) is 11.1 Å². The van der Waals surface area contributed by atoms with Gasteiger partial charge in [-0.05, 0) is 0 Å². The summed E-state index contributed by atoms with van der Waals surface area (Å²) in [5.41, 5.74) is 0.712. The highest BCUT2D eigenvalue weighted by atomic mass is 79.9. The molecule has 1 rings (SSSR count). The Bertz CT molecular complexity index is 300. The quantitative estimate of drug-likeness (QED) is 0.400. The number of hydrogen-bond donors (Lipinski definition) is 0. The average molecular weight is 445 g/mol. The van der Waals surface area contributed by atoms with Crippen molar-refractivity contribution in [1.29, 1.82) is 0 Å². The predicted molar refractivity (Wildman–Crippen MR) is 72.5 cm³/mol. The van der Waals surface area contributed by atoms with Gasteiger partial charge in [0.05, 0.1) is 0 Å². The second kappa shape index (κ2) is 4.45. The van der Waals surface area contributed by atoms with E-state index in [4.69, 9.17) is 69.6 Å². The summed E-state index contributed by atoms with van der Waals surface area (Å²) in [6, 6.07) is 0. The van der Waals surface area contributed by atoms with Crippen LogP contribution in [-0.4, -0.2) is 7.57 Å². The molecule has 0 bridgehead atoms. The lowest BCUT2D eigenvalue weighted by Gasteiger charge is -2.48. The van der Waals surface area contributed by atoms with E-state index in [1.807, 2.05) is 0 Å². The first-order valence-corrected chi connectivity index (χ1v) is 6.87. The Labute approximate surface area is 128 Å². The molecule has 0 amide bonds. The first-order chi connectivity index (χ1) is 6.14. The highest BCUT2D eigenvalue weighted by Crippen LogP contribution is 2.69. The van der Waals surface area contributed by atoms with E-state index in [-0.39, 0.29) is 8.98 Å². The van der Waals surface area contributed by atoms with E-state index in [0.717, 1.165) is 0 Å². The molecule has 0 radical (unpaired) electrons. The summed E-state index contributed by atoms with van der Waals surface area (Å²) in [6.07, 6.45) is 0. The second-order valence-corrected chi connectivity index (χ2v) is 8.74. The summed E-state index contributed by atoms with van der Waals surface area (Å²) in [5, 5.41) is 0. The molecule has 1 saturated carbocycles. The van der Waals surface area contributed by atoms with Crippen LogP contribution in [0.1, 0.15) is 0 Å². The lowest BCUT2D eigenvalue weighted by Crippen LogP contribution is -2.51. The first kappa shape index (κ1) is 14.2. The number of rotatable bonds is 0. The Morgan fingerprint density at radius 3 is 1.14 bits per heavy atom. The summed E-state index contributed by atoms with van der Waals surface area (Å²) >= 11 is 41.0. The van der Waals surface area contributed by atoms with Crippen molar-refractivity contribution in [2.24, 2.45) is 0 Å². The Hall–Kier alpha value is 2.18. The molecule has 80 valence electrons. The SMILES string of the molecule is ClC(Cl)=C1C(=C(Cl)Cl)C(Cl)(Br)C1(Cl)Br. The molecule has 2 atom stereocenters. The maximum atomic E-state index is 6.06. The molecule has 0 aromatic heterocycles. The standard InChI is InChI=1S/C6Br2Cl6/c7-5(13)1(3(9)10)2(4(11)12)6(5,8)14. The summed E-state index contributed by atoms with van der Waals surface area (Å²) in [5.74, 6) is 0. The van der Waals surface area contributed by atoms with Crippen LogP contribution in [-0.2, 0) is 0 Å². The molecule has 1 aliphatic rings. The van der Waals surface area contributed by atoms with Crippen LogP contribution in [0.15, 0.2) is 20.1 Å². The van der Waals surface area contributed by atoms with E-state index in [9.17, 15) is 0 Å². The molecule has 14 heavy (non-hydrogen) atoms. The Morgan fingerprint density at radius 2 is 1.00 bits per heavy atom. The van der Waals surface area contributed by atoms with Gasteiger partial charge in [0.1, 0.15) is 8.98 Å². The highest BCUT2D eigenvalue weighted by molar-refractivity contribution is 9.13. The molecule has 0 nitrogen and oxygen atoms in total. The zero-order chi connectivity index (χ0) is 11.3. The Kier molecular flexibility index (Phi) is 4.53. The number of alkyl halides is 4. The van der Waals surface area contributed by atoms with Crippen LogP contribution >= 0.6 is 101 Å². The normalized spacial score (nSPS) is 36.9. The lowest BCUT2D eigenvalue weighted by atomic mass is 9.86. The smallest absolute Gasteiger partial charge is 0.0980 e. The topological polar surface area (TPSA) is 0 Å². The van der Waals surface area contributed by atoms with Gasteiger partial charge in [0.15, 0.2) is 7.57 Å². The van der Waals surface area contributed by atoms with Crippen molar-refractivity contribution in [2.75, 3.05) is 0 Å². The van der Waals surface area contributed by atoms with Crippen LogP contribution in [0, 0.1) is 0 Å². The molecule has 0 heterocycles. The molecular weight excluding hydrogens is 445 g/mol. The maximum Gasteiger partial charge on any atom is 0.160 e. The van der Waals surface area contributed by atoms with Gasteiger partial charge in [-0.3, -0.25) is 0 Å². The van der Waals surface area contributed by atoms with Crippen LogP contribution in [0.3, 0.4) is 0 Å². The molecule has 0 N–H and O–H groups in total. The molecule has 1 fully saturated rings. The van der Waals surface area contributed by atoms with Crippen molar-refractivity contribution in [1.82, 2.24) is 0 Å². The number of allylic oxidation sites excluding steroid dienone is 2. The van der Waals surface area contributed by atoms with Gasteiger partial charge in [0, 0.05) is 11.1 Å². The van der Waals surface area contributed by atoms with Gasteiger partial charge in [-0.2, -0.15) is 0 Å². The van der Waals surface area contributed by atoms with Crippen LogP contribution < -0.4 is 0 Å². The van der Waals surface area contributed by atoms with Gasteiger partial charge >= 0.3 is 0 Å². The second-order valence-electron chi connectivity index (χ2n) is 2.42. The monoisotopic (exact) mass is 440 g/mol. The minimum Gasteiger partial charge on any atom is -0.0980 e. The summed E-state index contributed by atoms with van der Waals surface area (Å²) in [7, 11) is 0. The van der Waals surface area contributed by atoms with Gasteiger partial charge < -0.3 is 0 Å². The van der Waals surface area contributed by atoms with Crippen LogP contribution in [0.5, 0.6) is 0 Å². The Balaban J connectivity index is 3.39. The van der Waals surface area contributed by atoms with E-state index >= 15 is 0 Å². The molecule has 0 aromatic rings. The minimum atomic E-state index is -1.13. The first-order valence-electron chi connectivity index (χ1n) is 3.01. The van der Waals surface area contributed by atoms with E-state index in [1.165, 1.54) is 0 Å². The number of hydrogen-bond acceptors (Lipinski definition) is 0. The highest BCUT2D eigenvalue weighted by Gasteiger charge is 2.65. The van der Waals surface area contributed by atoms with Crippen molar-refractivity contribution >= 4 is 101 Å². The average Bonchev–Trinajstić information content (AvgIpc) is 1.97. The zero-order valence-corrected chi connectivity index (χ0v) is 13.7. The van der Waals surface area contributed by atoms with Gasteiger partial charge in [0.25, 0.3) is 0 Å². The molecule has 0 saturated heterocycles. The van der Waals surface area contributed by atoms with Gasteiger partial charge in [-0.25, -0.2) is 0 Å². The van der Waals surface area contributed by atoms with Gasteiger partial charge in [-0.1, -0.05) is 101 Å². The summed E-state index contributed by atoms with van der Waals surface area (Å²) in [6.45, 7) is 0. The predicted octanol–water partition coefficient (Wildman–Crippen LogP) is 6.04. The van der Waals surface area contributed by atoms with Crippen LogP contribution in [0.4, 0.5) is 0 Å². The van der Waals surface area contributed by atoms with Gasteiger partial charge in [-0.15, -0.1) is 0 Å². The minimum absolute atomic E-state index is 0.0404. The van der Waals surface area contributed by atoms with Crippen molar-refractivity contribution in [3.05, 3.63) is 20.1 Å². The van der Waals surface area contributed by atoms with Crippen molar-refractivity contribution in [3.8, 4) is 0 Å². The fraction of sp³-hybridized carbons (Fsp3) is 0.333.